The Morgan fingerprint density at radius 2 is 1.61 bits per heavy atom. The Bertz CT molecular complexity index is 606. The second-order valence-electron chi connectivity index (χ2n) is 5.60. The van der Waals surface area contributed by atoms with E-state index < -0.39 is 0 Å². The van der Waals surface area contributed by atoms with Crippen LogP contribution >= 0.6 is 0 Å². The number of nitrogens with one attached hydrogen (secondary N) is 1. The van der Waals surface area contributed by atoms with E-state index in [4.69, 9.17) is 0 Å². The number of hydrogen-bond acceptors (Lipinski definition) is 2. The van der Waals surface area contributed by atoms with Crippen LogP contribution in [0.3, 0.4) is 0 Å². The maximum atomic E-state index is 12.5. The van der Waals surface area contributed by atoms with Crippen LogP contribution in [0.25, 0.3) is 0 Å². The van der Waals surface area contributed by atoms with Gasteiger partial charge < -0.3 is 10.2 Å². The van der Waals surface area contributed by atoms with E-state index in [9.17, 15) is 4.79 Å². The zero-order chi connectivity index (χ0) is 16.5. The molecule has 3 heteroatoms. The Balaban J connectivity index is 2.00. The fourth-order valence-electron chi connectivity index (χ4n) is 2.67. The highest BCUT2D eigenvalue weighted by Gasteiger charge is 2.11. The molecule has 0 heterocycles. The Labute approximate surface area is 139 Å². The van der Waals surface area contributed by atoms with Gasteiger partial charge in [0.15, 0.2) is 0 Å². The van der Waals surface area contributed by atoms with E-state index in [1.54, 1.807) is 0 Å². The highest BCUT2D eigenvalue weighted by molar-refractivity contribution is 5.95. The van der Waals surface area contributed by atoms with Crippen molar-refractivity contribution in [1.82, 2.24) is 10.2 Å². The van der Waals surface area contributed by atoms with Gasteiger partial charge in [0.05, 0.1) is 0 Å². The van der Waals surface area contributed by atoms with E-state index in [-0.39, 0.29) is 5.91 Å². The van der Waals surface area contributed by atoms with Gasteiger partial charge in [-0.2, -0.15) is 0 Å². The molecule has 122 valence electrons. The Hall–Kier alpha value is -2.13. The smallest absolute Gasteiger partial charge is 0.251 e. The molecule has 0 bridgehead atoms. The third kappa shape index (κ3) is 5.22. The zero-order valence-electron chi connectivity index (χ0n) is 14.1. The first-order valence-corrected chi connectivity index (χ1v) is 8.37. The normalized spacial score (nSPS) is 10.7. The van der Waals surface area contributed by atoms with Crippen molar-refractivity contribution in [3.8, 4) is 0 Å². The average molecular weight is 310 g/mol. The summed E-state index contributed by atoms with van der Waals surface area (Å²) in [4.78, 5) is 14.8. The van der Waals surface area contributed by atoms with Gasteiger partial charge in [-0.3, -0.25) is 4.79 Å². The van der Waals surface area contributed by atoms with E-state index in [1.165, 1.54) is 5.56 Å². The van der Waals surface area contributed by atoms with Crippen LogP contribution in [0.5, 0.6) is 0 Å². The van der Waals surface area contributed by atoms with E-state index >= 15 is 0 Å². The lowest BCUT2D eigenvalue weighted by Crippen LogP contribution is -2.35. The molecule has 2 aromatic rings. The third-order valence-electron chi connectivity index (χ3n) is 4.11. The summed E-state index contributed by atoms with van der Waals surface area (Å²) in [6.07, 6.45) is 0.778. The molecule has 0 aliphatic rings. The van der Waals surface area contributed by atoms with Crippen molar-refractivity contribution in [3.05, 3.63) is 71.3 Å². The Morgan fingerprint density at radius 1 is 0.957 bits per heavy atom. The summed E-state index contributed by atoms with van der Waals surface area (Å²) >= 11 is 0. The molecule has 2 aromatic carbocycles. The van der Waals surface area contributed by atoms with Crippen LogP contribution in [0.15, 0.2) is 54.6 Å². The summed E-state index contributed by atoms with van der Waals surface area (Å²) in [5, 5.41) is 3.04. The molecule has 1 amide bonds. The largest absolute Gasteiger partial charge is 0.351 e. The summed E-state index contributed by atoms with van der Waals surface area (Å²) in [5.74, 6) is 0.0173. The van der Waals surface area contributed by atoms with Crippen LogP contribution in [0.1, 0.15) is 35.3 Å². The fraction of sp³-hybridized carbons (Fsp3) is 0.350. The van der Waals surface area contributed by atoms with Gasteiger partial charge in [-0.05, 0) is 36.7 Å². The van der Waals surface area contributed by atoms with Gasteiger partial charge >= 0.3 is 0 Å². The molecule has 0 atom stereocenters. The molecule has 0 radical (unpaired) electrons. The lowest BCUT2D eigenvalue weighted by atomic mass is 9.99. The number of rotatable bonds is 8. The van der Waals surface area contributed by atoms with Gasteiger partial charge in [0.1, 0.15) is 0 Å². The van der Waals surface area contributed by atoms with Gasteiger partial charge in [-0.25, -0.2) is 0 Å². The molecular weight excluding hydrogens is 284 g/mol. The van der Waals surface area contributed by atoms with Gasteiger partial charge in [0.2, 0.25) is 0 Å². The second kappa shape index (κ2) is 9.11. The zero-order valence-corrected chi connectivity index (χ0v) is 14.1. The number of carbonyl (C=O) groups is 1. The number of carbonyl (C=O) groups excluding carboxylic acids is 1. The Morgan fingerprint density at radius 3 is 2.30 bits per heavy atom. The standard InChI is InChI=1S/C20H26N2O/c1-3-22(4-2)15-14-21-20(23)19-13-9-8-12-18(19)16-17-10-6-5-7-11-17/h5-13H,3-4,14-16H2,1-2H3,(H,21,23). The van der Waals surface area contributed by atoms with Gasteiger partial charge in [0, 0.05) is 18.7 Å². The van der Waals surface area contributed by atoms with Crippen molar-refractivity contribution in [1.29, 1.82) is 0 Å². The van der Waals surface area contributed by atoms with Crippen molar-refractivity contribution >= 4 is 5.91 Å². The predicted octanol–water partition coefficient (Wildman–Crippen LogP) is 3.35. The van der Waals surface area contributed by atoms with Gasteiger partial charge in [0.25, 0.3) is 5.91 Å². The minimum absolute atomic E-state index is 0.0173. The molecule has 2 rings (SSSR count). The maximum Gasteiger partial charge on any atom is 0.251 e. The molecule has 0 aliphatic carbocycles. The molecule has 23 heavy (non-hydrogen) atoms. The quantitative estimate of drug-likeness (QED) is 0.811. The lowest BCUT2D eigenvalue weighted by molar-refractivity contribution is 0.0948. The highest BCUT2D eigenvalue weighted by Crippen LogP contribution is 2.14. The Kier molecular flexibility index (Phi) is 6.82. The number of likely N-dealkylation sites (N-methyl/N-ethyl adjacent to an activating group) is 1. The minimum atomic E-state index is 0.0173. The monoisotopic (exact) mass is 310 g/mol. The van der Waals surface area contributed by atoms with Crippen LogP contribution in [0.4, 0.5) is 0 Å². The minimum Gasteiger partial charge on any atom is -0.351 e. The fourth-order valence-corrected chi connectivity index (χ4v) is 2.67. The van der Waals surface area contributed by atoms with Crippen molar-refractivity contribution in [2.24, 2.45) is 0 Å². The first kappa shape index (κ1) is 17.2. The summed E-state index contributed by atoms with van der Waals surface area (Å²) in [5.41, 5.74) is 3.06. The van der Waals surface area contributed by atoms with Crippen LogP contribution in [0.2, 0.25) is 0 Å². The predicted molar refractivity (Wildman–Crippen MR) is 95.8 cm³/mol. The van der Waals surface area contributed by atoms with Crippen LogP contribution in [-0.2, 0) is 6.42 Å². The van der Waals surface area contributed by atoms with Crippen LogP contribution in [0, 0.1) is 0 Å². The maximum absolute atomic E-state index is 12.5. The first-order valence-electron chi connectivity index (χ1n) is 8.37. The van der Waals surface area contributed by atoms with Crippen molar-refractivity contribution < 1.29 is 4.79 Å². The third-order valence-corrected chi connectivity index (χ3v) is 4.11. The molecule has 0 saturated carbocycles. The number of amides is 1. The SMILES string of the molecule is CCN(CC)CCNC(=O)c1ccccc1Cc1ccccc1. The molecule has 0 saturated heterocycles. The molecule has 0 aromatic heterocycles. The van der Waals surface area contributed by atoms with Crippen LogP contribution < -0.4 is 5.32 Å². The molecule has 0 fully saturated rings. The average Bonchev–Trinajstić information content (AvgIpc) is 2.60. The van der Waals surface area contributed by atoms with E-state index in [0.717, 1.165) is 37.2 Å². The number of benzene rings is 2. The summed E-state index contributed by atoms with van der Waals surface area (Å²) < 4.78 is 0. The van der Waals surface area contributed by atoms with Crippen molar-refractivity contribution in [2.45, 2.75) is 20.3 Å². The molecular formula is C20H26N2O. The topological polar surface area (TPSA) is 32.3 Å². The van der Waals surface area contributed by atoms with Crippen LogP contribution in [-0.4, -0.2) is 37.0 Å². The first-order chi connectivity index (χ1) is 11.2. The summed E-state index contributed by atoms with van der Waals surface area (Å²) in [7, 11) is 0. The second-order valence-corrected chi connectivity index (χ2v) is 5.60. The van der Waals surface area contributed by atoms with E-state index in [1.807, 2.05) is 42.5 Å². The van der Waals surface area contributed by atoms with Crippen molar-refractivity contribution in [2.75, 3.05) is 26.2 Å². The van der Waals surface area contributed by atoms with Gasteiger partial charge in [-0.15, -0.1) is 0 Å². The summed E-state index contributed by atoms with van der Waals surface area (Å²) in [6, 6.07) is 18.1. The van der Waals surface area contributed by atoms with E-state index in [2.05, 4.69) is 36.2 Å². The van der Waals surface area contributed by atoms with Crippen molar-refractivity contribution in [3.63, 3.8) is 0 Å². The molecule has 3 nitrogen and oxygen atoms in total. The van der Waals surface area contributed by atoms with E-state index in [0.29, 0.717) is 6.54 Å². The molecule has 0 spiro atoms. The summed E-state index contributed by atoms with van der Waals surface area (Å²) in [6.45, 7) is 7.87. The lowest BCUT2D eigenvalue weighted by Gasteiger charge is -2.18. The number of hydrogen-bond donors (Lipinski definition) is 1. The van der Waals surface area contributed by atoms with Gasteiger partial charge in [-0.1, -0.05) is 62.4 Å². The molecule has 0 aliphatic heterocycles. The highest BCUT2D eigenvalue weighted by atomic mass is 16.1. The molecule has 0 unspecified atom stereocenters. The number of nitrogens with zero attached hydrogens (tertiary/aromatic N) is 1. The molecule has 1 N–H and O–H groups in total.